The van der Waals surface area contributed by atoms with Gasteiger partial charge < -0.3 is 0 Å². The molecular formula is C9H10BrCl. The van der Waals surface area contributed by atoms with Crippen molar-refractivity contribution in [3.63, 3.8) is 0 Å². The van der Waals surface area contributed by atoms with Gasteiger partial charge >= 0.3 is 0 Å². The van der Waals surface area contributed by atoms with Gasteiger partial charge in [-0.05, 0) is 17.5 Å². The van der Waals surface area contributed by atoms with Gasteiger partial charge in [0.25, 0.3) is 0 Å². The van der Waals surface area contributed by atoms with E-state index in [4.69, 9.17) is 11.6 Å². The molecule has 1 aromatic rings. The zero-order valence-corrected chi connectivity index (χ0v) is 8.53. The van der Waals surface area contributed by atoms with Gasteiger partial charge in [-0.25, -0.2) is 0 Å². The van der Waals surface area contributed by atoms with Gasteiger partial charge in [-0.15, -0.1) is 11.6 Å². The monoisotopic (exact) mass is 232 g/mol. The van der Waals surface area contributed by atoms with E-state index in [0.717, 1.165) is 11.8 Å². The molecule has 0 radical (unpaired) electrons. The van der Waals surface area contributed by atoms with Gasteiger partial charge in [-0.3, -0.25) is 0 Å². The number of halogens is 2. The lowest BCUT2D eigenvalue weighted by Crippen LogP contribution is -1.86. The molecule has 0 aliphatic heterocycles. The maximum absolute atomic E-state index is 5.69. The van der Waals surface area contributed by atoms with Crippen molar-refractivity contribution in [3.05, 3.63) is 35.4 Å². The Hall–Kier alpha value is -0.0100. The van der Waals surface area contributed by atoms with Crippen molar-refractivity contribution in [1.29, 1.82) is 0 Å². The zero-order valence-electron chi connectivity index (χ0n) is 6.19. The molecule has 0 nitrogen and oxygen atoms in total. The summed E-state index contributed by atoms with van der Waals surface area (Å²) in [7, 11) is 0. The van der Waals surface area contributed by atoms with Crippen molar-refractivity contribution in [3.8, 4) is 0 Å². The van der Waals surface area contributed by atoms with Crippen LogP contribution in [0.4, 0.5) is 0 Å². The zero-order chi connectivity index (χ0) is 8.10. The van der Waals surface area contributed by atoms with Crippen molar-refractivity contribution in [2.45, 2.75) is 12.3 Å². The molecule has 0 heterocycles. The average molecular weight is 234 g/mol. The average Bonchev–Trinajstić information content (AvgIpc) is 2.06. The Morgan fingerprint density at radius 1 is 1.27 bits per heavy atom. The summed E-state index contributed by atoms with van der Waals surface area (Å²) >= 11 is 9.09. The first-order valence-electron chi connectivity index (χ1n) is 3.56. The number of benzene rings is 1. The molecule has 0 saturated heterocycles. The van der Waals surface area contributed by atoms with Crippen LogP contribution in [-0.2, 0) is 12.3 Å². The molecular weight excluding hydrogens is 223 g/mol. The predicted molar refractivity (Wildman–Crippen MR) is 53.5 cm³/mol. The van der Waals surface area contributed by atoms with Gasteiger partial charge in [-0.2, -0.15) is 0 Å². The highest BCUT2D eigenvalue weighted by molar-refractivity contribution is 9.09. The summed E-state index contributed by atoms with van der Waals surface area (Å²) in [5.74, 6) is 0.607. The molecule has 60 valence electrons. The van der Waals surface area contributed by atoms with Crippen LogP contribution in [0.25, 0.3) is 0 Å². The highest BCUT2D eigenvalue weighted by atomic mass is 79.9. The summed E-state index contributed by atoms with van der Waals surface area (Å²) in [5.41, 5.74) is 2.55. The third kappa shape index (κ3) is 2.84. The molecule has 0 atom stereocenters. The minimum atomic E-state index is 0.607. The number of rotatable bonds is 3. The third-order valence-corrected chi connectivity index (χ3v) is 2.23. The molecule has 0 aliphatic carbocycles. The van der Waals surface area contributed by atoms with Crippen LogP contribution in [0.3, 0.4) is 0 Å². The first-order chi connectivity index (χ1) is 5.36. The fourth-order valence-corrected chi connectivity index (χ4v) is 1.60. The number of aryl methyl sites for hydroxylation is 1. The maximum Gasteiger partial charge on any atom is 0.0474 e. The van der Waals surface area contributed by atoms with E-state index in [2.05, 4.69) is 34.1 Å². The largest absolute Gasteiger partial charge is 0.122 e. The Morgan fingerprint density at radius 3 is 2.64 bits per heavy atom. The van der Waals surface area contributed by atoms with Gasteiger partial charge in [-0.1, -0.05) is 40.2 Å². The number of alkyl halides is 2. The van der Waals surface area contributed by atoms with Gasteiger partial charge in [0, 0.05) is 11.2 Å². The molecule has 0 fully saturated rings. The van der Waals surface area contributed by atoms with Gasteiger partial charge in [0.2, 0.25) is 0 Å². The van der Waals surface area contributed by atoms with Crippen molar-refractivity contribution in [2.75, 3.05) is 5.33 Å². The van der Waals surface area contributed by atoms with Crippen molar-refractivity contribution < 1.29 is 0 Å². The molecule has 2 heteroatoms. The van der Waals surface area contributed by atoms with E-state index >= 15 is 0 Å². The van der Waals surface area contributed by atoms with E-state index in [1.54, 1.807) is 0 Å². The topological polar surface area (TPSA) is 0 Å². The van der Waals surface area contributed by atoms with Crippen LogP contribution in [0.5, 0.6) is 0 Å². The standard InChI is InChI=1S/C9H10BrCl/c10-5-4-8-2-1-3-9(6-8)7-11/h1-3,6H,4-5,7H2. The molecule has 0 unspecified atom stereocenters. The highest BCUT2D eigenvalue weighted by Crippen LogP contribution is 2.08. The Bertz CT molecular complexity index is 223. The SMILES string of the molecule is ClCc1cccc(CCBr)c1. The summed E-state index contributed by atoms with van der Waals surface area (Å²) in [4.78, 5) is 0. The fourth-order valence-electron chi connectivity index (χ4n) is 0.977. The summed E-state index contributed by atoms with van der Waals surface area (Å²) in [6.07, 6.45) is 1.07. The van der Waals surface area contributed by atoms with Gasteiger partial charge in [0.1, 0.15) is 0 Å². The number of hydrogen-bond acceptors (Lipinski definition) is 0. The van der Waals surface area contributed by atoms with Crippen molar-refractivity contribution >= 4 is 27.5 Å². The van der Waals surface area contributed by atoms with Crippen LogP contribution >= 0.6 is 27.5 Å². The van der Waals surface area contributed by atoms with E-state index in [9.17, 15) is 0 Å². The van der Waals surface area contributed by atoms with Crippen LogP contribution < -0.4 is 0 Å². The van der Waals surface area contributed by atoms with E-state index in [1.165, 1.54) is 11.1 Å². The Balaban J connectivity index is 2.74. The second-order valence-corrected chi connectivity index (χ2v) is 3.45. The molecule has 0 spiro atoms. The van der Waals surface area contributed by atoms with Crippen LogP contribution in [0, 0.1) is 0 Å². The maximum atomic E-state index is 5.69. The lowest BCUT2D eigenvalue weighted by atomic mass is 10.1. The lowest BCUT2D eigenvalue weighted by Gasteiger charge is -1.99. The Morgan fingerprint density at radius 2 is 2.00 bits per heavy atom. The third-order valence-electron chi connectivity index (χ3n) is 1.53. The van der Waals surface area contributed by atoms with Gasteiger partial charge in [0.15, 0.2) is 0 Å². The lowest BCUT2D eigenvalue weighted by molar-refractivity contribution is 1.15. The summed E-state index contributed by atoms with van der Waals surface area (Å²) in [6, 6.07) is 8.37. The summed E-state index contributed by atoms with van der Waals surface area (Å²) in [5, 5.41) is 1.01. The Labute approximate surface area is 80.7 Å². The Kier molecular flexibility index (Phi) is 3.95. The molecule has 0 saturated carbocycles. The normalized spacial score (nSPS) is 10.0. The van der Waals surface area contributed by atoms with Crippen LogP contribution in [0.1, 0.15) is 11.1 Å². The van der Waals surface area contributed by atoms with E-state index in [-0.39, 0.29) is 0 Å². The molecule has 11 heavy (non-hydrogen) atoms. The van der Waals surface area contributed by atoms with Crippen LogP contribution in [-0.4, -0.2) is 5.33 Å². The quantitative estimate of drug-likeness (QED) is 0.702. The molecule has 1 aromatic carbocycles. The first-order valence-corrected chi connectivity index (χ1v) is 5.22. The summed E-state index contributed by atoms with van der Waals surface area (Å²) < 4.78 is 0. The van der Waals surface area contributed by atoms with E-state index in [1.807, 2.05) is 6.07 Å². The second kappa shape index (κ2) is 4.78. The summed E-state index contributed by atoms with van der Waals surface area (Å²) in [6.45, 7) is 0. The predicted octanol–water partition coefficient (Wildman–Crippen LogP) is 3.36. The molecule has 0 amide bonds. The molecule has 0 N–H and O–H groups in total. The second-order valence-electron chi connectivity index (χ2n) is 2.39. The first kappa shape index (κ1) is 9.08. The minimum Gasteiger partial charge on any atom is -0.122 e. The molecule has 1 rings (SSSR count). The van der Waals surface area contributed by atoms with Crippen molar-refractivity contribution in [2.24, 2.45) is 0 Å². The fraction of sp³-hybridized carbons (Fsp3) is 0.333. The highest BCUT2D eigenvalue weighted by Gasteiger charge is 1.92. The molecule has 0 bridgehead atoms. The minimum absolute atomic E-state index is 0.607. The van der Waals surface area contributed by atoms with Crippen molar-refractivity contribution in [1.82, 2.24) is 0 Å². The van der Waals surface area contributed by atoms with Crippen LogP contribution in [0.2, 0.25) is 0 Å². The smallest absolute Gasteiger partial charge is 0.0474 e. The molecule has 0 aliphatic rings. The number of hydrogen-bond donors (Lipinski definition) is 0. The van der Waals surface area contributed by atoms with Crippen LogP contribution in [0.15, 0.2) is 24.3 Å². The van der Waals surface area contributed by atoms with E-state index in [0.29, 0.717) is 5.88 Å². The van der Waals surface area contributed by atoms with E-state index < -0.39 is 0 Å². The molecule has 0 aromatic heterocycles. The van der Waals surface area contributed by atoms with Gasteiger partial charge in [0.05, 0.1) is 0 Å².